The highest BCUT2D eigenvalue weighted by Crippen LogP contribution is 2.33. The molecule has 0 saturated carbocycles. The maximum atomic E-state index is 11.5. The minimum absolute atomic E-state index is 0.0753. The van der Waals surface area contributed by atoms with Crippen molar-refractivity contribution in [1.82, 2.24) is 5.32 Å². The van der Waals surface area contributed by atoms with Crippen LogP contribution in [0, 0.1) is 0 Å². The lowest BCUT2D eigenvalue weighted by Crippen LogP contribution is -2.42. The molecular weight excluding hydrogens is 311 g/mol. The number of benzene rings is 1. The summed E-state index contributed by atoms with van der Waals surface area (Å²) in [6.07, 6.45) is -1.18. The predicted molar refractivity (Wildman–Crippen MR) is 71.2 cm³/mol. The van der Waals surface area contributed by atoms with E-state index in [-0.39, 0.29) is 21.4 Å². The van der Waals surface area contributed by atoms with Crippen molar-refractivity contribution in [3.05, 3.63) is 27.7 Å². The zero-order valence-electron chi connectivity index (χ0n) is 10.1. The van der Waals surface area contributed by atoms with Crippen molar-refractivity contribution in [1.29, 1.82) is 0 Å². The van der Waals surface area contributed by atoms with Crippen LogP contribution in [0.15, 0.2) is 12.1 Å². The molecule has 0 spiro atoms. The number of imide groups is 1. The van der Waals surface area contributed by atoms with Crippen LogP contribution in [-0.4, -0.2) is 29.1 Å². The molecule has 20 heavy (non-hydrogen) atoms. The third-order valence-electron chi connectivity index (χ3n) is 2.15. The normalized spacial score (nSPS) is 11.6. The van der Waals surface area contributed by atoms with Gasteiger partial charge in [0.2, 0.25) is 0 Å². The smallest absolute Gasteiger partial charge is 0.339 e. The summed E-state index contributed by atoms with van der Waals surface area (Å²) in [7, 11) is 0. The number of nitrogens with one attached hydrogen (secondary N) is 1. The Morgan fingerprint density at radius 3 is 2.45 bits per heavy atom. The van der Waals surface area contributed by atoms with Gasteiger partial charge in [-0.1, -0.05) is 23.2 Å². The number of urea groups is 1. The number of hydrogen-bond donors (Lipinski definition) is 3. The van der Waals surface area contributed by atoms with Gasteiger partial charge in [0.15, 0.2) is 11.9 Å². The van der Waals surface area contributed by atoms with Crippen LogP contribution in [0.5, 0.6) is 5.75 Å². The fraction of sp³-hybridized carbons (Fsp3) is 0.182. The zero-order valence-corrected chi connectivity index (χ0v) is 11.7. The molecule has 0 heterocycles. The highest BCUT2D eigenvalue weighted by atomic mass is 35.5. The van der Waals surface area contributed by atoms with E-state index in [0.29, 0.717) is 0 Å². The Hall–Kier alpha value is -1.99. The molecule has 3 amide bonds. The Kier molecular flexibility index (Phi) is 5.18. The van der Waals surface area contributed by atoms with Gasteiger partial charge in [0.1, 0.15) is 5.56 Å². The maximum absolute atomic E-state index is 11.5. The Morgan fingerprint density at radius 1 is 1.35 bits per heavy atom. The van der Waals surface area contributed by atoms with Crippen molar-refractivity contribution in [2.75, 3.05) is 0 Å². The molecule has 1 aromatic rings. The Balaban J connectivity index is 3.05. The van der Waals surface area contributed by atoms with Gasteiger partial charge in [-0.2, -0.15) is 0 Å². The number of amides is 3. The standard InChI is InChI=1S/C11H10Cl2N2O5/c1-4(9(16)15-11(14)19)20-8-6(10(17)18)2-5(12)3-7(8)13/h2-4H,1H3,(H,17,18)(H3,14,15,16,19). The number of carbonyl (C=O) groups is 3. The largest absolute Gasteiger partial charge is 0.478 e. The van der Waals surface area contributed by atoms with Crippen molar-refractivity contribution in [2.45, 2.75) is 13.0 Å². The molecule has 0 saturated heterocycles. The molecule has 0 radical (unpaired) electrons. The summed E-state index contributed by atoms with van der Waals surface area (Å²) in [5.41, 5.74) is 4.48. The quantitative estimate of drug-likeness (QED) is 0.779. The van der Waals surface area contributed by atoms with E-state index < -0.39 is 24.0 Å². The molecule has 1 atom stereocenters. The number of hydrogen-bond acceptors (Lipinski definition) is 4. The molecule has 4 N–H and O–H groups in total. The number of carboxylic acids is 1. The van der Waals surface area contributed by atoms with Crippen LogP contribution in [0.25, 0.3) is 0 Å². The first kappa shape index (κ1) is 16.1. The van der Waals surface area contributed by atoms with Gasteiger partial charge in [0, 0.05) is 5.02 Å². The molecule has 0 aromatic heterocycles. The molecule has 1 aromatic carbocycles. The van der Waals surface area contributed by atoms with Crippen molar-refractivity contribution in [2.24, 2.45) is 5.73 Å². The number of nitrogens with two attached hydrogens (primary N) is 1. The lowest BCUT2D eigenvalue weighted by Gasteiger charge is -2.16. The summed E-state index contributed by atoms with van der Waals surface area (Å²) < 4.78 is 5.16. The lowest BCUT2D eigenvalue weighted by molar-refractivity contribution is -0.126. The summed E-state index contributed by atoms with van der Waals surface area (Å²) in [5.74, 6) is -2.39. The molecule has 1 rings (SSSR count). The molecule has 108 valence electrons. The van der Waals surface area contributed by atoms with Gasteiger partial charge >= 0.3 is 12.0 Å². The van der Waals surface area contributed by atoms with Crippen LogP contribution in [-0.2, 0) is 4.79 Å². The average molecular weight is 321 g/mol. The third kappa shape index (κ3) is 4.01. The van der Waals surface area contributed by atoms with Crippen LogP contribution in [0.1, 0.15) is 17.3 Å². The minimum atomic E-state index is -1.33. The molecule has 0 bridgehead atoms. The minimum Gasteiger partial charge on any atom is -0.478 e. The molecule has 0 aliphatic carbocycles. The summed E-state index contributed by atoms with van der Waals surface area (Å²) in [6, 6.07) is 1.35. The zero-order chi connectivity index (χ0) is 15.4. The maximum Gasteiger partial charge on any atom is 0.339 e. The van der Waals surface area contributed by atoms with Crippen molar-refractivity contribution in [3.63, 3.8) is 0 Å². The van der Waals surface area contributed by atoms with Crippen LogP contribution in [0.2, 0.25) is 10.0 Å². The number of aromatic carboxylic acids is 1. The van der Waals surface area contributed by atoms with Crippen LogP contribution in [0.3, 0.4) is 0 Å². The molecular formula is C11H10Cl2N2O5. The fourth-order valence-electron chi connectivity index (χ4n) is 1.29. The second-order valence-electron chi connectivity index (χ2n) is 3.68. The molecule has 7 nitrogen and oxygen atoms in total. The number of carbonyl (C=O) groups excluding carboxylic acids is 2. The van der Waals surface area contributed by atoms with E-state index in [1.165, 1.54) is 13.0 Å². The summed E-state index contributed by atoms with van der Waals surface area (Å²) in [4.78, 5) is 33.1. The van der Waals surface area contributed by atoms with E-state index in [9.17, 15) is 14.4 Å². The van der Waals surface area contributed by atoms with Gasteiger partial charge in [-0.15, -0.1) is 0 Å². The van der Waals surface area contributed by atoms with E-state index in [1.54, 1.807) is 5.32 Å². The van der Waals surface area contributed by atoms with E-state index in [0.717, 1.165) is 6.07 Å². The van der Waals surface area contributed by atoms with Gasteiger partial charge in [-0.3, -0.25) is 10.1 Å². The van der Waals surface area contributed by atoms with E-state index in [1.807, 2.05) is 0 Å². The Morgan fingerprint density at radius 2 is 1.95 bits per heavy atom. The Bertz CT molecular complexity index is 576. The molecule has 1 unspecified atom stereocenters. The first-order chi connectivity index (χ1) is 9.22. The summed E-state index contributed by atoms with van der Waals surface area (Å²) >= 11 is 11.5. The monoisotopic (exact) mass is 320 g/mol. The van der Waals surface area contributed by atoms with Gasteiger partial charge in [0.05, 0.1) is 5.02 Å². The second kappa shape index (κ2) is 6.44. The number of rotatable bonds is 4. The van der Waals surface area contributed by atoms with Gasteiger partial charge < -0.3 is 15.6 Å². The van der Waals surface area contributed by atoms with E-state index >= 15 is 0 Å². The van der Waals surface area contributed by atoms with Crippen molar-refractivity contribution in [3.8, 4) is 5.75 Å². The highest BCUT2D eigenvalue weighted by molar-refractivity contribution is 6.36. The number of ether oxygens (including phenoxy) is 1. The molecule has 0 aliphatic rings. The predicted octanol–water partition coefficient (Wildman–Crippen LogP) is 1.65. The van der Waals surface area contributed by atoms with Crippen LogP contribution >= 0.6 is 23.2 Å². The highest BCUT2D eigenvalue weighted by Gasteiger charge is 2.22. The van der Waals surface area contributed by atoms with Gasteiger partial charge in [-0.25, -0.2) is 9.59 Å². The Labute approximate surface area is 123 Å². The first-order valence-electron chi connectivity index (χ1n) is 5.21. The average Bonchev–Trinajstić information content (AvgIpc) is 2.30. The van der Waals surface area contributed by atoms with E-state index in [4.69, 9.17) is 38.8 Å². The lowest BCUT2D eigenvalue weighted by atomic mass is 10.2. The summed E-state index contributed by atoms with van der Waals surface area (Å²) in [5, 5.41) is 10.9. The SMILES string of the molecule is CC(Oc1c(Cl)cc(Cl)cc1C(=O)O)C(=O)NC(N)=O. The first-order valence-corrected chi connectivity index (χ1v) is 5.97. The molecule has 0 fully saturated rings. The van der Waals surface area contributed by atoms with Crippen molar-refractivity contribution >= 4 is 41.1 Å². The summed E-state index contributed by atoms with van der Waals surface area (Å²) in [6.45, 7) is 1.30. The van der Waals surface area contributed by atoms with Crippen LogP contribution in [0.4, 0.5) is 4.79 Å². The molecule has 0 aliphatic heterocycles. The molecule has 9 heteroatoms. The topological polar surface area (TPSA) is 119 Å². The second-order valence-corrected chi connectivity index (χ2v) is 4.53. The van der Waals surface area contributed by atoms with Crippen molar-refractivity contribution < 1.29 is 24.2 Å². The number of primary amides is 1. The van der Waals surface area contributed by atoms with Gasteiger partial charge in [-0.05, 0) is 19.1 Å². The fourth-order valence-corrected chi connectivity index (χ4v) is 1.83. The van der Waals surface area contributed by atoms with Gasteiger partial charge in [0.25, 0.3) is 5.91 Å². The number of halogens is 2. The number of carboxylic acid groups (broad SMARTS) is 1. The third-order valence-corrected chi connectivity index (χ3v) is 2.65. The van der Waals surface area contributed by atoms with Crippen LogP contribution < -0.4 is 15.8 Å². The van der Waals surface area contributed by atoms with E-state index in [2.05, 4.69) is 0 Å².